The Labute approximate surface area is 92.5 Å². The molecule has 0 saturated heterocycles. The molecule has 0 radical (unpaired) electrons. The van der Waals surface area contributed by atoms with Crippen molar-refractivity contribution in [1.82, 2.24) is 0 Å². The molecule has 1 unspecified atom stereocenters. The second-order valence-electron chi connectivity index (χ2n) is 3.37. The summed E-state index contributed by atoms with van der Waals surface area (Å²) in [6.07, 6.45) is 0. The van der Waals surface area contributed by atoms with Crippen molar-refractivity contribution in [2.24, 2.45) is 5.73 Å². The monoisotopic (exact) mass is 245 g/mol. The van der Waals surface area contributed by atoms with E-state index in [9.17, 15) is 13.2 Å². The standard InChI is InChI=1S/C9H11NO5S/c10-9(8(11)12,6-16(13,14)15)7-4-2-1-3-5-7/h1-5H,6,10H2,(H,11,12)(H,13,14,15). The smallest absolute Gasteiger partial charge is 0.329 e. The van der Waals surface area contributed by atoms with Crippen LogP contribution in [0.25, 0.3) is 0 Å². The van der Waals surface area contributed by atoms with Crippen molar-refractivity contribution in [3.63, 3.8) is 0 Å². The Morgan fingerprint density at radius 2 is 1.81 bits per heavy atom. The molecule has 4 N–H and O–H groups in total. The number of carbonyl (C=O) groups is 1. The molecule has 0 aliphatic carbocycles. The van der Waals surface area contributed by atoms with Gasteiger partial charge in [-0.15, -0.1) is 0 Å². The molecule has 0 amide bonds. The van der Waals surface area contributed by atoms with E-state index >= 15 is 0 Å². The van der Waals surface area contributed by atoms with Crippen molar-refractivity contribution in [1.29, 1.82) is 0 Å². The molecule has 1 aromatic carbocycles. The Morgan fingerprint density at radius 3 is 2.19 bits per heavy atom. The fraction of sp³-hybridized carbons (Fsp3) is 0.222. The summed E-state index contributed by atoms with van der Waals surface area (Å²) in [6.45, 7) is 0. The normalized spacial score (nSPS) is 15.4. The molecule has 7 heteroatoms. The second-order valence-corrected chi connectivity index (χ2v) is 4.82. The molecule has 0 heterocycles. The molecule has 1 aromatic rings. The van der Waals surface area contributed by atoms with Crippen LogP contribution in [0.4, 0.5) is 0 Å². The maximum absolute atomic E-state index is 11.0. The lowest BCUT2D eigenvalue weighted by molar-refractivity contribution is -0.142. The summed E-state index contributed by atoms with van der Waals surface area (Å²) in [5, 5.41) is 8.95. The lowest BCUT2D eigenvalue weighted by Crippen LogP contribution is -2.50. The predicted molar refractivity (Wildman–Crippen MR) is 56.4 cm³/mol. The molecular weight excluding hydrogens is 234 g/mol. The highest BCUT2D eigenvalue weighted by Crippen LogP contribution is 2.20. The van der Waals surface area contributed by atoms with Crippen LogP contribution in [-0.2, 0) is 20.5 Å². The molecule has 6 nitrogen and oxygen atoms in total. The summed E-state index contributed by atoms with van der Waals surface area (Å²) in [6, 6.07) is 7.48. The highest BCUT2D eigenvalue weighted by molar-refractivity contribution is 7.85. The average Bonchev–Trinajstić information content (AvgIpc) is 2.16. The second kappa shape index (κ2) is 4.20. The zero-order chi connectivity index (χ0) is 12.4. The minimum Gasteiger partial charge on any atom is -0.480 e. The zero-order valence-corrected chi connectivity index (χ0v) is 9.02. The lowest BCUT2D eigenvalue weighted by atomic mass is 9.93. The van der Waals surface area contributed by atoms with Crippen LogP contribution in [0.2, 0.25) is 0 Å². The highest BCUT2D eigenvalue weighted by atomic mass is 32.2. The minimum absolute atomic E-state index is 0.111. The molecule has 88 valence electrons. The van der Waals surface area contributed by atoms with Crippen molar-refractivity contribution in [3.8, 4) is 0 Å². The molecule has 0 aliphatic heterocycles. The fourth-order valence-corrected chi connectivity index (χ4v) is 2.16. The van der Waals surface area contributed by atoms with E-state index in [1.54, 1.807) is 6.07 Å². The maximum atomic E-state index is 11.0. The van der Waals surface area contributed by atoms with E-state index in [1.807, 2.05) is 0 Å². The van der Waals surface area contributed by atoms with Gasteiger partial charge < -0.3 is 10.8 Å². The first-order valence-electron chi connectivity index (χ1n) is 4.29. The molecule has 0 saturated carbocycles. The van der Waals surface area contributed by atoms with E-state index in [1.165, 1.54) is 24.3 Å². The summed E-state index contributed by atoms with van der Waals surface area (Å²) in [4.78, 5) is 11.0. The van der Waals surface area contributed by atoms with Crippen molar-refractivity contribution >= 4 is 16.1 Å². The summed E-state index contributed by atoms with van der Waals surface area (Å²) in [5.74, 6) is -2.59. The summed E-state index contributed by atoms with van der Waals surface area (Å²) < 4.78 is 30.2. The molecule has 0 aliphatic rings. The summed E-state index contributed by atoms with van der Waals surface area (Å²) in [5.41, 5.74) is 3.48. The van der Waals surface area contributed by atoms with Crippen LogP contribution in [0.5, 0.6) is 0 Å². The Hall–Kier alpha value is -1.44. The molecule has 0 bridgehead atoms. The number of rotatable bonds is 4. The summed E-state index contributed by atoms with van der Waals surface area (Å²) >= 11 is 0. The van der Waals surface area contributed by atoms with Gasteiger partial charge >= 0.3 is 5.97 Å². The number of benzene rings is 1. The molecule has 1 atom stereocenters. The molecular formula is C9H11NO5S. The van der Waals surface area contributed by atoms with Gasteiger partial charge in [-0.2, -0.15) is 8.42 Å². The molecule has 16 heavy (non-hydrogen) atoms. The van der Waals surface area contributed by atoms with Crippen LogP contribution < -0.4 is 5.73 Å². The Balaban J connectivity index is 3.23. The molecule has 0 aromatic heterocycles. The van der Waals surface area contributed by atoms with Crippen molar-refractivity contribution < 1.29 is 22.9 Å². The van der Waals surface area contributed by atoms with Crippen LogP contribution in [0.1, 0.15) is 5.56 Å². The number of carboxylic acids is 1. The van der Waals surface area contributed by atoms with Crippen molar-refractivity contribution in [2.75, 3.05) is 5.75 Å². The van der Waals surface area contributed by atoms with E-state index in [4.69, 9.17) is 15.4 Å². The van der Waals surface area contributed by atoms with Gasteiger partial charge in [0.2, 0.25) is 0 Å². The van der Waals surface area contributed by atoms with Gasteiger partial charge in [0.1, 0.15) is 5.75 Å². The van der Waals surface area contributed by atoms with Crippen LogP contribution in [0.15, 0.2) is 30.3 Å². The summed E-state index contributed by atoms with van der Waals surface area (Å²) in [7, 11) is -4.48. The third-order valence-electron chi connectivity index (χ3n) is 2.08. The third kappa shape index (κ3) is 2.78. The van der Waals surface area contributed by atoms with Gasteiger partial charge in [0.15, 0.2) is 5.54 Å². The first-order valence-corrected chi connectivity index (χ1v) is 5.89. The largest absolute Gasteiger partial charge is 0.480 e. The molecule has 0 fully saturated rings. The number of nitrogens with two attached hydrogens (primary N) is 1. The van der Waals surface area contributed by atoms with E-state index in [0.29, 0.717) is 0 Å². The highest BCUT2D eigenvalue weighted by Gasteiger charge is 2.40. The van der Waals surface area contributed by atoms with Crippen LogP contribution in [0, 0.1) is 0 Å². The van der Waals surface area contributed by atoms with Crippen LogP contribution in [0.3, 0.4) is 0 Å². The SMILES string of the molecule is NC(CS(=O)(=O)O)(C(=O)O)c1ccccc1. The van der Waals surface area contributed by atoms with E-state index in [0.717, 1.165) is 0 Å². The number of hydrogen-bond donors (Lipinski definition) is 3. The Bertz CT molecular complexity index is 484. The first-order chi connectivity index (χ1) is 7.26. The molecule has 0 spiro atoms. The quantitative estimate of drug-likeness (QED) is 0.633. The third-order valence-corrected chi connectivity index (χ3v) is 2.90. The van der Waals surface area contributed by atoms with Gasteiger partial charge in [-0.3, -0.25) is 4.55 Å². The maximum Gasteiger partial charge on any atom is 0.329 e. The number of aliphatic carboxylic acids is 1. The van der Waals surface area contributed by atoms with Gasteiger partial charge in [0.05, 0.1) is 0 Å². The number of carboxylic acid groups (broad SMARTS) is 1. The van der Waals surface area contributed by atoms with E-state index in [2.05, 4.69) is 0 Å². The van der Waals surface area contributed by atoms with Gasteiger partial charge in [0.25, 0.3) is 10.1 Å². The van der Waals surface area contributed by atoms with Crippen molar-refractivity contribution in [3.05, 3.63) is 35.9 Å². The Kier molecular flexibility index (Phi) is 3.32. The van der Waals surface area contributed by atoms with Crippen LogP contribution >= 0.6 is 0 Å². The van der Waals surface area contributed by atoms with Gasteiger partial charge in [0, 0.05) is 0 Å². The fourth-order valence-electron chi connectivity index (χ4n) is 1.29. The number of hydrogen-bond acceptors (Lipinski definition) is 4. The average molecular weight is 245 g/mol. The topological polar surface area (TPSA) is 118 Å². The first kappa shape index (κ1) is 12.6. The predicted octanol–water partition coefficient (Wildman–Crippen LogP) is -0.187. The zero-order valence-electron chi connectivity index (χ0n) is 8.20. The Morgan fingerprint density at radius 1 is 1.31 bits per heavy atom. The van der Waals surface area contributed by atoms with E-state index < -0.39 is 27.4 Å². The van der Waals surface area contributed by atoms with Gasteiger partial charge in [-0.1, -0.05) is 30.3 Å². The lowest BCUT2D eigenvalue weighted by Gasteiger charge is -2.23. The van der Waals surface area contributed by atoms with Gasteiger partial charge in [-0.05, 0) is 5.56 Å². The molecule has 1 rings (SSSR count). The van der Waals surface area contributed by atoms with Crippen LogP contribution in [-0.4, -0.2) is 29.8 Å². The van der Waals surface area contributed by atoms with Gasteiger partial charge in [-0.25, -0.2) is 4.79 Å². The minimum atomic E-state index is -4.48. The van der Waals surface area contributed by atoms with Crippen molar-refractivity contribution in [2.45, 2.75) is 5.54 Å². The van der Waals surface area contributed by atoms with E-state index in [-0.39, 0.29) is 5.56 Å².